The minimum atomic E-state index is 0.458. The molecule has 0 aliphatic carbocycles. The average molecular weight is 290 g/mol. The van der Waals surface area contributed by atoms with E-state index in [-0.39, 0.29) is 0 Å². The van der Waals surface area contributed by atoms with Crippen molar-refractivity contribution in [3.63, 3.8) is 0 Å². The van der Waals surface area contributed by atoms with Crippen LogP contribution in [0, 0.1) is 6.92 Å². The third-order valence-electron chi connectivity index (χ3n) is 3.41. The number of rotatable bonds is 8. The van der Waals surface area contributed by atoms with Crippen molar-refractivity contribution in [2.24, 2.45) is 0 Å². The highest BCUT2D eigenvalue weighted by Gasteiger charge is 2.15. The number of aromatic nitrogens is 1. The van der Waals surface area contributed by atoms with Crippen molar-refractivity contribution in [3.8, 4) is 0 Å². The van der Waals surface area contributed by atoms with Crippen molar-refractivity contribution in [2.75, 3.05) is 26.8 Å². The number of thiazole rings is 1. The predicted molar refractivity (Wildman–Crippen MR) is 84.5 cm³/mol. The Morgan fingerprint density at radius 1 is 1.35 bits per heavy atom. The van der Waals surface area contributed by atoms with Crippen LogP contribution in [0.2, 0.25) is 0 Å². The topological polar surface area (TPSA) is 34.1 Å². The monoisotopic (exact) mass is 290 g/mol. The molecule has 0 amide bonds. The third kappa shape index (κ3) is 4.40. The Labute approximate surface area is 125 Å². The lowest BCUT2D eigenvalue weighted by atomic mass is 9.92. The summed E-state index contributed by atoms with van der Waals surface area (Å²) in [7, 11) is 1.73. The first kappa shape index (κ1) is 15.2. The molecule has 3 nitrogen and oxygen atoms in total. The van der Waals surface area contributed by atoms with Crippen LogP contribution in [-0.2, 0) is 11.2 Å². The molecular weight excluding hydrogens is 268 g/mol. The van der Waals surface area contributed by atoms with Gasteiger partial charge in [0, 0.05) is 44.1 Å². The summed E-state index contributed by atoms with van der Waals surface area (Å²) in [4.78, 5) is 4.42. The molecule has 0 aliphatic rings. The number of nitrogens with zero attached hydrogens (tertiary/aromatic N) is 1. The molecule has 0 saturated heterocycles. The molecule has 2 rings (SSSR count). The van der Waals surface area contributed by atoms with Gasteiger partial charge in [-0.25, -0.2) is 4.98 Å². The fraction of sp³-hybridized carbons (Fsp3) is 0.438. The summed E-state index contributed by atoms with van der Waals surface area (Å²) in [6, 6.07) is 8.62. The number of nitrogens with one attached hydrogen (secondary N) is 1. The van der Waals surface area contributed by atoms with Gasteiger partial charge < -0.3 is 10.1 Å². The summed E-state index contributed by atoms with van der Waals surface area (Å²) in [6.07, 6.45) is 2.87. The average Bonchev–Trinajstić information content (AvgIpc) is 2.96. The van der Waals surface area contributed by atoms with Crippen LogP contribution in [0.5, 0.6) is 0 Å². The van der Waals surface area contributed by atoms with E-state index in [4.69, 9.17) is 4.74 Å². The molecule has 0 bridgehead atoms. The maximum absolute atomic E-state index is 5.09. The second-order valence-corrected chi connectivity index (χ2v) is 5.86. The van der Waals surface area contributed by atoms with Crippen LogP contribution in [0.3, 0.4) is 0 Å². The molecule has 4 heteroatoms. The normalized spacial score (nSPS) is 12.5. The number of hydrogen-bond donors (Lipinski definition) is 1. The summed E-state index contributed by atoms with van der Waals surface area (Å²) in [5.74, 6) is 0.458. The SMILES string of the molecule is COCCNCC(Cc1nccs1)c1ccccc1C. The minimum absolute atomic E-state index is 0.458. The van der Waals surface area contributed by atoms with Gasteiger partial charge in [-0.2, -0.15) is 0 Å². The molecule has 1 N–H and O–H groups in total. The lowest BCUT2D eigenvalue weighted by molar-refractivity contribution is 0.199. The fourth-order valence-electron chi connectivity index (χ4n) is 2.35. The lowest BCUT2D eigenvalue weighted by Gasteiger charge is -2.19. The van der Waals surface area contributed by atoms with Crippen LogP contribution in [0.25, 0.3) is 0 Å². The van der Waals surface area contributed by atoms with Crippen molar-refractivity contribution < 1.29 is 4.74 Å². The summed E-state index contributed by atoms with van der Waals surface area (Å²) in [6.45, 7) is 4.77. The maximum Gasteiger partial charge on any atom is 0.0931 e. The molecule has 0 aliphatic heterocycles. The van der Waals surface area contributed by atoms with E-state index in [9.17, 15) is 0 Å². The Kier molecular flexibility index (Phi) is 6.18. The predicted octanol–water partition coefficient (Wildman–Crippen LogP) is 3.01. The van der Waals surface area contributed by atoms with E-state index in [1.165, 1.54) is 16.1 Å². The van der Waals surface area contributed by atoms with E-state index >= 15 is 0 Å². The first-order valence-electron chi connectivity index (χ1n) is 6.95. The second-order valence-electron chi connectivity index (χ2n) is 4.88. The van der Waals surface area contributed by atoms with Crippen molar-refractivity contribution in [2.45, 2.75) is 19.3 Å². The molecule has 108 valence electrons. The Hall–Kier alpha value is -1.23. The molecule has 0 saturated carbocycles. The summed E-state index contributed by atoms with van der Waals surface area (Å²) in [5, 5.41) is 6.72. The Morgan fingerprint density at radius 3 is 2.90 bits per heavy atom. The minimum Gasteiger partial charge on any atom is -0.383 e. The van der Waals surface area contributed by atoms with Crippen LogP contribution in [0.1, 0.15) is 22.1 Å². The molecule has 1 heterocycles. The van der Waals surface area contributed by atoms with Crippen LogP contribution in [0.15, 0.2) is 35.8 Å². The third-order valence-corrected chi connectivity index (χ3v) is 4.21. The Morgan fingerprint density at radius 2 is 2.20 bits per heavy atom. The van der Waals surface area contributed by atoms with Gasteiger partial charge in [-0.3, -0.25) is 0 Å². The van der Waals surface area contributed by atoms with E-state index in [1.54, 1.807) is 18.4 Å². The van der Waals surface area contributed by atoms with Gasteiger partial charge in [-0.1, -0.05) is 24.3 Å². The standard InChI is InChI=1S/C16H22N2OS/c1-13-5-3-4-6-15(13)14(12-17-7-9-19-2)11-16-18-8-10-20-16/h3-6,8,10,14,17H,7,9,11-12H2,1-2H3. The van der Waals surface area contributed by atoms with E-state index in [0.717, 1.165) is 26.1 Å². The second kappa shape index (κ2) is 8.15. The smallest absolute Gasteiger partial charge is 0.0931 e. The molecule has 20 heavy (non-hydrogen) atoms. The van der Waals surface area contributed by atoms with E-state index < -0.39 is 0 Å². The molecule has 0 spiro atoms. The van der Waals surface area contributed by atoms with Crippen molar-refractivity contribution >= 4 is 11.3 Å². The fourth-order valence-corrected chi connectivity index (χ4v) is 3.05. The van der Waals surface area contributed by atoms with Gasteiger partial charge in [0.05, 0.1) is 11.6 Å². The van der Waals surface area contributed by atoms with Crippen LogP contribution in [-0.4, -0.2) is 31.8 Å². The summed E-state index contributed by atoms with van der Waals surface area (Å²) < 4.78 is 5.09. The van der Waals surface area contributed by atoms with Gasteiger partial charge in [0.15, 0.2) is 0 Å². The highest BCUT2D eigenvalue weighted by molar-refractivity contribution is 7.09. The van der Waals surface area contributed by atoms with Gasteiger partial charge in [0.2, 0.25) is 0 Å². The first-order valence-corrected chi connectivity index (χ1v) is 7.82. The summed E-state index contributed by atoms with van der Waals surface area (Å²) in [5.41, 5.74) is 2.76. The number of aryl methyl sites for hydroxylation is 1. The van der Waals surface area contributed by atoms with Gasteiger partial charge in [0.25, 0.3) is 0 Å². The van der Waals surface area contributed by atoms with Crippen molar-refractivity contribution in [1.29, 1.82) is 0 Å². The van der Waals surface area contributed by atoms with Crippen molar-refractivity contribution in [1.82, 2.24) is 10.3 Å². The Bertz CT molecular complexity index is 499. The zero-order valence-electron chi connectivity index (χ0n) is 12.1. The van der Waals surface area contributed by atoms with Crippen molar-refractivity contribution in [3.05, 3.63) is 52.0 Å². The zero-order valence-corrected chi connectivity index (χ0v) is 13.0. The number of benzene rings is 1. The molecule has 0 fully saturated rings. The Balaban J connectivity index is 2.05. The first-order chi connectivity index (χ1) is 9.81. The van der Waals surface area contributed by atoms with E-state index in [1.807, 2.05) is 11.6 Å². The molecule has 1 unspecified atom stereocenters. The molecule has 0 radical (unpaired) electrons. The van der Waals surface area contributed by atoms with Crippen LogP contribution in [0.4, 0.5) is 0 Å². The van der Waals surface area contributed by atoms with E-state index in [0.29, 0.717) is 5.92 Å². The maximum atomic E-state index is 5.09. The molecule has 1 aromatic heterocycles. The zero-order chi connectivity index (χ0) is 14.2. The van der Waals surface area contributed by atoms with E-state index in [2.05, 4.69) is 41.5 Å². The quantitative estimate of drug-likeness (QED) is 0.759. The molecule has 2 aromatic rings. The number of hydrogen-bond acceptors (Lipinski definition) is 4. The number of ether oxygens (including phenoxy) is 1. The highest BCUT2D eigenvalue weighted by atomic mass is 32.1. The van der Waals surface area contributed by atoms with Gasteiger partial charge in [0.1, 0.15) is 0 Å². The van der Waals surface area contributed by atoms with Crippen LogP contribution < -0.4 is 5.32 Å². The lowest BCUT2D eigenvalue weighted by Crippen LogP contribution is -2.26. The van der Waals surface area contributed by atoms with Gasteiger partial charge >= 0.3 is 0 Å². The molecule has 1 atom stereocenters. The highest BCUT2D eigenvalue weighted by Crippen LogP contribution is 2.24. The van der Waals surface area contributed by atoms with Gasteiger partial charge in [-0.15, -0.1) is 11.3 Å². The molecular formula is C16H22N2OS. The largest absolute Gasteiger partial charge is 0.383 e. The summed E-state index contributed by atoms with van der Waals surface area (Å²) >= 11 is 1.73. The van der Waals surface area contributed by atoms with Gasteiger partial charge in [-0.05, 0) is 18.1 Å². The molecule has 1 aromatic carbocycles. The number of methoxy groups -OCH3 is 1. The van der Waals surface area contributed by atoms with Crippen LogP contribution >= 0.6 is 11.3 Å².